The molecule has 1 aliphatic heterocycles. The summed E-state index contributed by atoms with van der Waals surface area (Å²) in [5, 5.41) is 0.606. The maximum Gasteiger partial charge on any atom is 0.229 e. The summed E-state index contributed by atoms with van der Waals surface area (Å²) in [6.45, 7) is 1.64. The number of halogens is 2. The zero-order valence-corrected chi connectivity index (χ0v) is 14.5. The molecule has 1 fully saturated rings. The molecule has 0 N–H and O–H groups in total. The third kappa shape index (κ3) is 2.59. The molecular weight excluding hydrogens is 400 g/mol. The van der Waals surface area contributed by atoms with Crippen molar-refractivity contribution in [3.8, 4) is 0 Å². The lowest BCUT2D eigenvalue weighted by Crippen LogP contribution is -2.37. The van der Waals surface area contributed by atoms with Crippen LogP contribution in [0, 0.1) is 0 Å². The van der Waals surface area contributed by atoms with Gasteiger partial charge in [-0.05, 0) is 46.8 Å². The van der Waals surface area contributed by atoms with E-state index in [4.69, 9.17) is 0 Å². The number of piperidine rings is 1. The second-order valence-electron chi connectivity index (χ2n) is 5.24. The van der Waals surface area contributed by atoms with Gasteiger partial charge in [0.25, 0.3) is 0 Å². The molecule has 1 aromatic heterocycles. The van der Waals surface area contributed by atoms with Crippen LogP contribution in [0.1, 0.15) is 45.7 Å². The Kier molecular flexibility index (Phi) is 4.26. The number of alkyl halides is 1. The topological polar surface area (TPSA) is 50.3 Å². The second-order valence-corrected chi connectivity index (χ2v) is 6.60. The van der Waals surface area contributed by atoms with Gasteiger partial charge in [-0.1, -0.05) is 15.9 Å². The highest BCUT2D eigenvalue weighted by molar-refractivity contribution is 9.12. The Morgan fingerprint density at radius 3 is 2.52 bits per heavy atom. The molecule has 3 rings (SSSR count). The summed E-state index contributed by atoms with van der Waals surface area (Å²) in [5.74, 6) is -0.306. The number of likely N-dealkylation sites (tertiary alicyclic amines) is 1. The van der Waals surface area contributed by atoms with E-state index in [2.05, 4.69) is 36.8 Å². The van der Waals surface area contributed by atoms with E-state index in [1.54, 1.807) is 12.3 Å². The van der Waals surface area contributed by atoms with E-state index in [1.807, 2.05) is 4.90 Å². The Labute approximate surface area is 139 Å². The summed E-state index contributed by atoms with van der Waals surface area (Å²) in [5.41, 5.74) is 2.03. The molecule has 21 heavy (non-hydrogen) atoms. The first kappa shape index (κ1) is 14.9. The van der Waals surface area contributed by atoms with E-state index < -0.39 is 0 Å². The van der Waals surface area contributed by atoms with Gasteiger partial charge in [0.05, 0.1) is 10.0 Å². The average molecular weight is 414 g/mol. The van der Waals surface area contributed by atoms with Crippen molar-refractivity contribution in [2.45, 2.75) is 24.6 Å². The van der Waals surface area contributed by atoms with Crippen LogP contribution >= 0.6 is 31.9 Å². The molecule has 1 saturated heterocycles. The standard InChI is InChI=1S/C15H14Br2N2O2/c16-7-9-6-10-12(18-8-9)15(21)13(11(17)14(10)20)19-4-2-1-3-5-19/h6,8H,1-5,7H2. The number of carbonyl (C=O) groups is 2. The Morgan fingerprint density at radius 1 is 1.14 bits per heavy atom. The van der Waals surface area contributed by atoms with Crippen molar-refractivity contribution < 1.29 is 9.59 Å². The predicted octanol–water partition coefficient (Wildman–Crippen LogP) is 3.45. The van der Waals surface area contributed by atoms with Crippen LogP contribution in [-0.2, 0) is 5.33 Å². The van der Waals surface area contributed by atoms with E-state index in [-0.39, 0.29) is 17.3 Å². The summed E-state index contributed by atoms with van der Waals surface area (Å²) in [4.78, 5) is 31.5. The van der Waals surface area contributed by atoms with E-state index in [0.717, 1.165) is 31.5 Å². The first-order chi connectivity index (χ1) is 10.1. The number of allylic oxidation sites excluding steroid dienone is 2. The molecule has 0 spiro atoms. The highest BCUT2D eigenvalue weighted by Crippen LogP contribution is 2.32. The Bertz CT molecular complexity index is 649. The Hall–Kier alpha value is -1.01. The lowest BCUT2D eigenvalue weighted by molar-refractivity contribution is 0.0936. The third-order valence-corrected chi connectivity index (χ3v) is 5.24. The number of nitrogens with zero attached hydrogens (tertiary/aromatic N) is 2. The van der Waals surface area contributed by atoms with Crippen molar-refractivity contribution in [2.75, 3.05) is 13.1 Å². The fourth-order valence-corrected chi connectivity index (χ4v) is 3.72. The smallest absolute Gasteiger partial charge is 0.229 e. The Balaban J connectivity index is 2.06. The first-order valence-electron chi connectivity index (χ1n) is 6.92. The van der Waals surface area contributed by atoms with Crippen LogP contribution in [0.5, 0.6) is 0 Å². The number of carbonyl (C=O) groups excluding carboxylic acids is 2. The summed E-state index contributed by atoms with van der Waals surface area (Å²) < 4.78 is 0.371. The first-order valence-corrected chi connectivity index (χ1v) is 8.84. The van der Waals surface area contributed by atoms with E-state index >= 15 is 0 Å². The molecule has 1 aliphatic carbocycles. The van der Waals surface area contributed by atoms with Crippen molar-refractivity contribution in [1.82, 2.24) is 9.88 Å². The van der Waals surface area contributed by atoms with Gasteiger partial charge in [0, 0.05) is 24.6 Å². The Morgan fingerprint density at radius 2 is 1.86 bits per heavy atom. The van der Waals surface area contributed by atoms with Gasteiger partial charge >= 0.3 is 0 Å². The van der Waals surface area contributed by atoms with Crippen LogP contribution in [0.15, 0.2) is 22.4 Å². The number of fused-ring (bicyclic) bond motifs is 1. The quantitative estimate of drug-likeness (QED) is 0.696. The zero-order valence-electron chi connectivity index (χ0n) is 11.4. The normalized spacial score (nSPS) is 19.0. The van der Waals surface area contributed by atoms with Gasteiger partial charge in [0.2, 0.25) is 11.6 Å². The summed E-state index contributed by atoms with van der Waals surface area (Å²) in [6.07, 6.45) is 4.92. The fraction of sp³-hybridized carbons (Fsp3) is 0.400. The number of Topliss-reactive ketones (excluding diaryl/α,β-unsaturated/α-hetero) is 2. The highest BCUT2D eigenvalue weighted by atomic mass is 79.9. The van der Waals surface area contributed by atoms with Crippen molar-refractivity contribution in [3.05, 3.63) is 39.3 Å². The van der Waals surface area contributed by atoms with Crippen molar-refractivity contribution in [3.63, 3.8) is 0 Å². The molecule has 2 heterocycles. The number of rotatable bonds is 2. The van der Waals surface area contributed by atoms with Gasteiger partial charge in [-0.25, -0.2) is 0 Å². The molecule has 1 aromatic rings. The van der Waals surface area contributed by atoms with E-state index in [9.17, 15) is 9.59 Å². The monoisotopic (exact) mass is 412 g/mol. The second kappa shape index (κ2) is 6.01. The minimum Gasteiger partial charge on any atom is -0.367 e. The van der Waals surface area contributed by atoms with Crippen molar-refractivity contribution in [1.29, 1.82) is 0 Å². The van der Waals surface area contributed by atoms with Crippen LogP contribution in [-0.4, -0.2) is 34.5 Å². The minimum absolute atomic E-state index is 0.152. The molecule has 0 saturated carbocycles. The molecule has 110 valence electrons. The average Bonchev–Trinajstić information content (AvgIpc) is 2.53. The number of hydrogen-bond acceptors (Lipinski definition) is 4. The zero-order chi connectivity index (χ0) is 15.0. The van der Waals surface area contributed by atoms with Gasteiger partial charge in [-0.2, -0.15) is 0 Å². The number of ketones is 2. The summed E-state index contributed by atoms with van der Waals surface area (Å²) in [7, 11) is 0. The van der Waals surface area contributed by atoms with Crippen LogP contribution in [0.4, 0.5) is 0 Å². The third-order valence-electron chi connectivity index (χ3n) is 3.85. The van der Waals surface area contributed by atoms with Crippen molar-refractivity contribution >= 4 is 43.4 Å². The molecule has 0 bridgehead atoms. The van der Waals surface area contributed by atoms with Gasteiger partial charge in [0.15, 0.2) is 0 Å². The van der Waals surface area contributed by atoms with Gasteiger partial charge in [0.1, 0.15) is 11.4 Å². The van der Waals surface area contributed by atoms with Crippen LogP contribution < -0.4 is 0 Å². The maximum absolute atomic E-state index is 12.7. The van der Waals surface area contributed by atoms with Crippen LogP contribution in [0.25, 0.3) is 0 Å². The van der Waals surface area contributed by atoms with Crippen LogP contribution in [0.3, 0.4) is 0 Å². The van der Waals surface area contributed by atoms with Gasteiger partial charge in [-0.15, -0.1) is 0 Å². The molecule has 0 atom stereocenters. The van der Waals surface area contributed by atoms with Gasteiger partial charge < -0.3 is 4.90 Å². The number of aromatic nitrogens is 1. The molecule has 4 nitrogen and oxygen atoms in total. The molecular formula is C15H14Br2N2O2. The summed E-state index contributed by atoms with van der Waals surface area (Å²) >= 11 is 6.68. The number of hydrogen-bond donors (Lipinski definition) is 0. The largest absolute Gasteiger partial charge is 0.367 e. The highest BCUT2D eigenvalue weighted by Gasteiger charge is 2.35. The van der Waals surface area contributed by atoms with E-state index in [0.29, 0.717) is 21.1 Å². The molecule has 0 radical (unpaired) electrons. The fourth-order valence-electron chi connectivity index (χ4n) is 2.77. The SMILES string of the molecule is O=C1C(Br)=C(N2CCCCC2)C(=O)c2ncc(CBr)cc21. The molecule has 6 heteroatoms. The maximum atomic E-state index is 12.7. The minimum atomic E-state index is -0.153. The van der Waals surface area contributed by atoms with Crippen molar-refractivity contribution in [2.24, 2.45) is 0 Å². The molecule has 0 aromatic carbocycles. The lowest BCUT2D eigenvalue weighted by atomic mass is 9.94. The lowest BCUT2D eigenvalue weighted by Gasteiger charge is -2.32. The molecule has 2 aliphatic rings. The molecule has 0 amide bonds. The summed E-state index contributed by atoms with van der Waals surface area (Å²) in [6, 6.07) is 1.74. The van der Waals surface area contributed by atoms with Crippen LogP contribution in [0.2, 0.25) is 0 Å². The number of pyridine rings is 1. The predicted molar refractivity (Wildman–Crippen MR) is 86.9 cm³/mol. The molecule has 0 unspecified atom stereocenters. The van der Waals surface area contributed by atoms with Gasteiger partial charge in [-0.3, -0.25) is 14.6 Å². The van der Waals surface area contributed by atoms with E-state index in [1.165, 1.54) is 6.42 Å².